The second-order valence-electron chi connectivity index (χ2n) is 4.08. The van der Waals surface area contributed by atoms with E-state index in [1.54, 1.807) is 0 Å². The van der Waals surface area contributed by atoms with E-state index in [4.69, 9.17) is 15.6 Å². The molecule has 1 heterocycles. The van der Waals surface area contributed by atoms with Gasteiger partial charge in [-0.25, -0.2) is 4.79 Å². The monoisotopic (exact) mass is 244 g/mol. The van der Waals surface area contributed by atoms with E-state index >= 15 is 0 Å². The van der Waals surface area contributed by atoms with Crippen LogP contribution in [0.25, 0.3) is 0 Å². The van der Waals surface area contributed by atoms with Gasteiger partial charge in [-0.3, -0.25) is 9.59 Å². The van der Waals surface area contributed by atoms with Crippen molar-refractivity contribution in [2.75, 3.05) is 0 Å². The van der Waals surface area contributed by atoms with E-state index in [1.165, 1.54) is 0 Å². The molecule has 0 aromatic heterocycles. The first-order valence-electron chi connectivity index (χ1n) is 5.37. The Labute approximate surface area is 98.3 Å². The molecule has 17 heavy (non-hydrogen) atoms. The number of amides is 2. The van der Waals surface area contributed by atoms with Gasteiger partial charge >= 0.3 is 5.97 Å². The smallest absolute Gasteiger partial charge is 0.326 e. The second kappa shape index (κ2) is 5.62. The van der Waals surface area contributed by atoms with Gasteiger partial charge in [0.05, 0.1) is 12.5 Å². The molecule has 0 spiro atoms. The summed E-state index contributed by atoms with van der Waals surface area (Å²) in [6.07, 6.45) is 0.232. The SMILES string of the molecule is CC1CCC(C(=O)N[C@H](CC(N)=O)C(=O)O)O1. The van der Waals surface area contributed by atoms with Crippen molar-refractivity contribution in [1.82, 2.24) is 5.32 Å². The number of rotatable bonds is 5. The van der Waals surface area contributed by atoms with Crippen molar-refractivity contribution in [1.29, 1.82) is 0 Å². The van der Waals surface area contributed by atoms with Crippen LogP contribution >= 0.6 is 0 Å². The number of hydrogen-bond donors (Lipinski definition) is 3. The molecule has 7 heteroatoms. The van der Waals surface area contributed by atoms with Crippen LogP contribution in [0.15, 0.2) is 0 Å². The first-order valence-corrected chi connectivity index (χ1v) is 5.37. The summed E-state index contributed by atoms with van der Waals surface area (Å²) in [6, 6.07) is -1.29. The molecule has 2 amide bonds. The Kier molecular flexibility index (Phi) is 4.45. The van der Waals surface area contributed by atoms with Crippen molar-refractivity contribution in [2.45, 2.75) is 44.4 Å². The molecule has 0 aliphatic carbocycles. The second-order valence-corrected chi connectivity index (χ2v) is 4.08. The molecule has 96 valence electrons. The van der Waals surface area contributed by atoms with Gasteiger partial charge in [0, 0.05) is 0 Å². The molecule has 7 nitrogen and oxygen atoms in total. The normalized spacial score (nSPS) is 25.2. The van der Waals surface area contributed by atoms with Crippen LogP contribution in [0.2, 0.25) is 0 Å². The molecular weight excluding hydrogens is 228 g/mol. The molecule has 0 aromatic carbocycles. The Morgan fingerprint density at radius 3 is 2.53 bits per heavy atom. The Morgan fingerprint density at radius 2 is 2.12 bits per heavy atom. The van der Waals surface area contributed by atoms with Crippen molar-refractivity contribution in [3.63, 3.8) is 0 Å². The Hall–Kier alpha value is -1.63. The van der Waals surface area contributed by atoms with Crippen LogP contribution in [-0.2, 0) is 19.1 Å². The van der Waals surface area contributed by atoms with Gasteiger partial charge < -0.3 is 20.9 Å². The van der Waals surface area contributed by atoms with E-state index < -0.39 is 36.4 Å². The summed E-state index contributed by atoms with van der Waals surface area (Å²) in [5, 5.41) is 11.0. The maximum absolute atomic E-state index is 11.6. The first kappa shape index (κ1) is 13.4. The summed E-state index contributed by atoms with van der Waals surface area (Å²) in [7, 11) is 0. The minimum atomic E-state index is -1.29. The molecule has 1 rings (SSSR count). The molecule has 1 saturated heterocycles. The van der Waals surface area contributed by atoms with Crippen LogP contribution in [0, 0.1) is 0 Å². The summed E-state index contributed by atoms with van der Waals surface area (Å²) in [5.74, 6) is -2.58. The van der Waals surface area contributed by atoms with E-state index in [1.807, 2.05) is 6.92 Å². The molecule has 0 aromatic rings. The maximum Gasteiger partial charge on any atom is 0.326 e. The number of nitrogens with two attached hydrogens (primary N) is 1. The first-order chi connectivity index (χ1) is 7.90. The predicted octanol–water partition coefficient (Wildman–Crippen LogP) is -1.00. The van der Waals surface area contributed by atoms with Gasteiger partial charge in [-0.1, -0.05) is 0 Å². The number of carbonyl (C=O) groups is 3. The fourth-order valence-corrected chi connectivity index (χ4v) is 1.66. The molecule has 1 fully saturated rings. The van der Waals surface area contributed by atoms with Crippen LogP contribution in [0.5, 0.6) is 0 Å². The third-order valence-electron chi connectivity index (χ3n) is 2.54. The lowest BCUT2D eigenvalue weighted by molar-refractivity contribution is -0.145. The fourth-order valence-electron chi connectivity index (χ4n) is 1.66. The fraction of sp³-hybridized carbons (Fsp3) is 0.700. The maximum atomic E-state index is 11.6. The largest absolute Gasteiger partial charge is 0.480 e. The van der Waals surface area contributed by atoms with Crippen molar-refractivity contribution >= 4 is 17.8 Å². The zero-order valence-electron chi connectivity index (χ0n) is 9.51. The molecule has 0 saturated carbocycles. The molecule has 3 atom stereocenters. The van der Waals surface area contributed by atoms with E-state index in [9.17, 15) is 14.4 Å². The topological polar surface area (TPSA) is 119 Å². The highest BCUT2D eigenvalue weighted by Gasteiger charge is 2.31. The molecule has 4 N–H and O–H groups in total. The summed E-state index contributed by atoms with van der Waals surface area (Å²) >= 11 is 0. The van der Waals surface area contributed by atoms with Crippen LogP contribution in [0.3, 0.4) is 0 Å². The Bertz CT molecular complexity index is 331. The lowest BCUT2D eigenvalue weighted by Crippen LogP contribution is -2.47. The van der Waals surface area contributed by atoms with E-state index in [2.05, 4.69) is 5.32 Å². The zero-order valence-corrected chi connectivity index (χ0v) is 9.51. The van der Waals surface area contributed by atoms with Gasteiger partial charge in [0.1, 0.15) is 12.1 Å². The van der Waals surface area contributed by atoms with Gasteiger partial charge in [0.2, 0.25) is 11.8 Å². The Morgan fingerprint density at radius 1 is 1.47 bits per heavy atom. The van der Waals surface area contributed by atoms with Crippen molar-refractivity contribution in [3.05, 3.63) is 0 Å². The Balaban J connectivity index is 2.52. The van der Waals surface area contributed by atoms with Crippen LogP contribution in [-0.4, -0.2) is 41.1 Å². The van der Waals surface area contributed by atoms with Crippen molar-refractivity contribution in [2.24, 2.45) is 5.73 Å². The minimum absolute atomic E-state index is 0.00910. The highest BCUT2D eigenvalue weighted by molar-refractivity contribution is 5.89. The van der Waals surface area contributed by atoms with Crippen LogP contribution in [0.4, 0.5) is 0 Å². The number of carboxylic acids is 1. The number of carbonyl (C=O) groups excluding carboxylic acids is 2. The van der Waals surface area contributed by atoms with E-state index in [0.717, 1.165) is 6.42 Å². The quantitative estimate of drug-likeness (QED) is 0.573. The third kappa shape index (κ3) is 4.03. The van der Waals surface area contributed by atoms with Gasteiger partial charge in [-0.05, 0) is 19.8 Å². The number of ether oxygens (including phenoxy) is 1. The number of hydrogen-bond acceptors (Lipinski definition) is 4. The highest BCUT2D eigenvalue weighted by atomic mass is 16.5. The number of carboxylic acid groups (broad SMARTS) is 1. The summed E-state index contributed by atoms with van der Waals surface area (Å²) in [4.78, 5) is 33.1. The average Bonchev–Trinajstić information content (AvgIpc) is 2.63. The molecular formula is C10H16N2O5. The summed E-state index contributed by atoms with van der Waals surface area (Å²) in [6.45, 7) is 1.84. The van der Waals surface area contributed by atoms with Crippen LogP contribution < -0.4 is 11.1 Å². The predicted molar refractivity (Wildman–Crippen MR) is 56.9 cm³/mol. The molecule has 1 aliphatic rings. The number of primary amides is 1. The lowest BCUT2D eigenvalue weighted by Gasteiger charge is -2.16. The summed E-state index contributed by atoms with van der Waals surface area (Å²) in [5.41, 5.74) is 4.90. The number of nitrogens with one attached hydrogen (secondary N) is 1. The summed E-state index contributed by atoms with van der Waals surface area (Å²) < 4.78 is 5.29. The molecule has 2 unspecified atom stereocenters. The average molecular weight is 244 g/mol. The number of aliphatic carboxylic acids is 1. The van der Waals surface area contributed by atoms with Gasteiger partial charge in [0.25, 0.3) is 0 Å². The third-order valence-corrected chi connectivity index (χ3v) is 2.54. The van der Waals surface area contributed by atoms with E-state index in [0.29, 0.717) is 6.42 Å². The van der Waals surface area contributed by atoms with Gasteiger partial charge in [0.15, 0.2) is 0 Å². The molecule has 1 aliphatic heterocycles. The highest BCUT2D eigenvalue weighted by Crippen LogP contribution is 2.19. The standard InChI is InChI=1S/C10H16N2O5/c1-5-2-3-7(17-5)9(14)12-6(10(15)16)4-8(11)13/h5-7H,2-4H2,1H3,(H2,11,13)(H,12,14)(H,15,16)/t5?,6-,7?/m1/s1. The lowest BCUT2D eigenvalue weighted by atomic mass is 10.1. The minimum Gasteiger partial charge on any atom is -0.480 e. The van der Waals surface area contributed by atoms with E-state index in [-0.39, 0.29) is 6.10 Å². The van der Waals surface area contributed by atoms with Crippen molar-refractivity contribution in [3.8, 4) is 0 Å². The van der Waals surface area contributed by atoms with Gasteiger partial charge in [-0.15, -0.1) is 0 Å². The van der Waals surface area contributed by atoms with Crippen LogP contribution in [0.1, 0.15) is 26.2 Å². The molecule has 0 bridgehead atoms. The zero-order chi connectivity index (χ0) is 13.0. The molecule has 0 radical (unpaired) electrons. The van der Waals surface area contributed by atoms with Gasteiger partial charge in [-0.2, -0.15) is 0 Å². The van der Waals surface area contributed by atoms with Crippen molar-refractivity contribution < 1.29 is 24.2 Å².